The number of carbonyl (C=O) groups is 2. The molecule has 0 bridgehead atoms. The van der Waals surface area contributed by atoms with Crippen LogP contribution in [0.1, 0.15) is 50.2 Å². The van der Waals surface area contributed by atoms with E-state index < -0.39 is 5.97 Å². The van der Waals surface area contributed by atoms with Gasteiger partial charge in [0.15, 0.2) is 0 Å². The van der Waals surface area contributed by atoms with Crippen LogP contribution in [0.4, 0.5) is 5.69 Å². The molecule has 0 radical (unpaired) electrons. The molecule has 3 atom stereocenters. The molecule has 1 aliphatic heterocycles. The van der Waals surface area contributed by atoms with E-state index in [0.29, 0.717) is 11.5 Å². The van der Waals surface area contributed by atoms with Crippen LogP contribution in [0, 0.1) is 5.92 Å². The Morgan fingerprint density at radius 1 is 1.12 bits per heavy atom. The molecule has 2 aromatic carbocycles. The van der Waals surface area contributed by atoms with Gasteiger partial charge in [0.2, 0.25) is 0 Å². The molecule has 0 fully saturated rings. The number of carboxylic acid groups (broad SMARTS) is 1. The van der Waals surface area contributed by atoms with Gasteiger partial charge in [-0.25, -0.2) is 9.59 Å². The van der Waals surface area contributed by atoms with Crippen molar-refractivity contribution in [1.82, 2.24) is 0 Å². The molecular formula is C21H19NO4. The molecule has 2 aromatic rings. The molecule has 0 amide bonds. The van der Waals surface area contributed by atoms with Gasteiger partial charge in [-0.1, -0.05) is 24.3 Å². The SMILES string of the molecule is COC(=O)c1ccc2c(c1)[C@H]1C=CC[C@@H]1[C@H](c1ccc(C(=O)O)cc1)N2. The van der Waals surface area contributed by atoms with Crippen LogP contribution in [-0.4, -0.2) is 24.2 Å². The number of fused-ring (bicyclic) bond motifs is 3. The van der Waals surface area contributed by atoms with Crippen LogP contribution >= 0.6 is 0 Å². The minimum atomic E-state index is -0.922. The minimum absolute atomic E-state index is 0.0920. The predicted octanol–water partition coefficient (Wildman–Crippen LogP) is 4.00. The Morgan fingerprint density at radius 3 is 2.54 bits per heavy atom. The number of rotatable bonds is 3. The summed E-state index contributed by atoms with van der Waals surface area (Å²) in [5.74, 6) is -0.710. The number of aromatic carboxylic acids is 1. The largest absolute Gasteiger partial charge is 0.478 e. The van der Waals surface area contributed by atoms with E-state index in [4.69, 9.17) is 9.84 Å². The molecule has 0 saturated heterocycles. The molecule has 1 aliphatic carbocycles. The maximum absolute atomic E-state index is 11.9. The molecule has 5 nitrogen and oxygen atoms in total. The third kappa shape index (κ3) is 2.65. The highest BCUT2D eigenvalue weighted by atomic mass is 16.5. The Kier molecular flexibility index (Phi) is 3.99. The molecule has 0 unspecified atom stereocenters. The predicted molar refractivity (Wildman–Crippen MR) is 97.5 cm³/mol. The first-order chi connectivity index (χ1) is 12.6. The van der Waals surface area contributed by atoms with Gasteiger partial charge in [0.1, 0.15) is 0 Å². The number of hydrogen-bond donors (Lipinski definition) is 2. The van der Waals surface area contributed by atoms with Crippen molar-refractivity contribution in [2.45, 2.75) is 18.4 Å². The second kappa shape index (κ2) is 6.33. The molecule has 4 rings (SSSR count). The number of allylic oxidation sites excluding steroid dienone is 2. The molecule has 5 heteroatoms. The van der Waals surface area contributed by atoms with Crippen molar-refractivity contribution in [2.75, 3.05) is 12.4 Å². The van der Waals surface area contributed by atoms with Crippen molar-refractivity contribution < 1.29 is 19.4 Å². The van der Waals surface area contributed by atoms with Crippen LogP contribution in [0.5, 0.6) is 0 Å². The maximum atomic E-state index is 11.9. The monoisotopic (exact) mass is 349 g/mol. The van der Waals surface area contributed by atoms with Crippen LogP contribution in [0.3, 0.4) is 0 Å². The summed E-state index contributed by atoms with van der Waals surface area (Å²) in [5.41, 5.74) is 4.00. The molecule has 2 aliphatic rings. The van der Waals surface area contributed by atoms with Gasteiger partial charge in [-0.05, 0) is 53.8 Å². The molecule has 0 spiro atoms. The number of carboxylic acids is 1. The summed E-state index contributed by atoms with van der Waals surface area (Å²) in [6.07, 6.45) is 5.31. The first-order valence-electron chi connectivity index (χ1n) is 8.57. The molecule has 26 heavy (non-hydrogen) atoms. The Labute approximate surface area is 151 Å². The van der Waals surface area contributed by atoms with Crippen molar-refractivity contribution in [1.29, 1.82) is 0 Å². The summed E-state index contributed by atoms with van der Waals surface area (Å²) < 4.78 is 4.83. The zero-order valence-corrected chi connectivity index (χ0v) is 14.3. The van der Waals surface area contributed by atoms with Gasteiger partial charge in [-0.15, -0.1) is 0 Å². The summed E-state index contributed by atoms with van der Waals surface area (Å²) in [6.45, 7) is 0. The van der Waals surface area contributed by atoms with Gasteiger partial charge in [0.25, 0.3) is 0 Å². The number of nitrogens with one attached hydrogen (secondary N) is 1. The zero-order chi connectivity index (χ0) is 18.3. The van der Waals surface area contributed by atoms with Gasteiger partial charge in [0.05, 0.1) is 24.3 Å². The van der Waals surface area contributed by atoms with Crippen molar-refractivity contribution in [3.8, 4) is 0 Å². The Bertz CT molecular complexity index is 901. The number of carbonyl (C=O) groups excluding carboxylic acids is 1. The van der Waals surface area contributed by atoms with E-state index >= 15 is 0 Å². The molecular weight excluding hydrogens is 330 g/mol. The molecule has 1 heterocycles. The lowest BCUT2D eigenvalue weighted by Gasteiger charge is -2.37. The number of ether oxygens (including phenoxy) is 1. The minimum Gasteiger partial charge on any atom is -0.478 e. The van der Waals surface area contributed by atoms with Crippen LogP contribution < -0.4 is 5.32 Å². The highest BCUT2D eigenvalue weighted by molar-refractivity contribution is 5.90. The van der Waals surface area contributed by atoms with Crippen molar-refractivity contribution >= 4 is 17.6 Å². The second-order valence-electron chi connectivity index (χ2n) is 6.70. The fraction of sp³-hybridized carbons (Fsp3) is 0.238. The lowest BCUT2D eigenvalue weighted by atomic mass is 9.76. The quantitative estimate of drug-likeness (QED) is 0.647. The highest BCUT2D eigenvalue weighted by Gasteiger charge is 2.38. The fourth-order valence-electron chi connectivity index (χ4n) is 4.00. The summed E-state index contributed by atoms with van der Waals surface area (Å²) >= 11 is 0. The number of esters is 1. The highest BCUT2D eigenvalue weighted by Crippen LogP contribution is 2.49. The van der Waals surface area contributed by atoms with Crippen LogP contribution in [0.25, 0.3) is 0 Å². The number of methoxy groups -OCH3 is 1. The average molecular weight is 349 g/mol. The van der Waals surface area contributed by atoms with E-state index in [1.807, 2.05) is 24.3 Å². The van der Waals surface area contributed by atoms with Crippen molar-refractivity contribution in [2.24, 2.45) is 5.92 Å². The Hall–Kier alpha value is -3.08. The van der Waals surface area contributed by atoms with Crippen LogP contribution in [0.2, 0.25) is 0 Å². The number of benzene rings is 2. The second-order valence-corrected chi connectivity index (χ2v) is 6.70. The molecule has 0 aromatic heterocycles. The summed E-state index contributed by atoms with van der Waals surface area (Å²) in [7, 11) is 1.38. The van der Waals surface area contributed by atoms with Crippen LogP contribution in [-0.2, 0) is 4.74 Å². The maximum Gasteiger partial charge on any atom is 0.337 e. The van der Waals surface area contributed by atoms with Crippen molar-refractivity contribution in [3.63, 3.8) is 0 Å². The average Bonchev–Trinajstić information content (AvgIpc) is 3.16. The van der Waals surface area contributed by atoms with E-state index in [-0.39, 0.29) is 23.5 Å². The first kappa shape index (κ1) is 16.4. The van der Waals surface area contributed by atoms with Gasteiger partial charge >= 0.3 is 11.9 Å². The fourth-order valence-corrected chi connectivity index (χ4v) is 4.00. The lowest BCUT2D eigenvalue weighted by Crippen LogP contribution is -2.29. The zero-order valence-electron chi connectivity index (χ0n) is 14.3. The van der Waals surface area contributed by atoms with Gasteiger partial charge in [0, 0.05) is 11.6 Å². The number of anilines is 1. The Balaban J connectivity index is 1.71. The smallest absolute Gasteiger partial charge is 0.337 e. The van der Waals surface area contributed by atoms with Crippen molar-refractivity contribution in [3.05, 3.63) is 76.9 Å². The molecule has 0 saturated carbocycles. The molecule has 2 N–H and O–H groups in total. The summed E-state index contributed by atoms with van der Waals surface area (Å²) in [5, 5.41) is 12.7. The topological polar surface area (TPSA) is 75.6 Å². The lowest BCUT2D eigenvalue weighted by molar-refractivity contribution is 0.0599. The van der Waals surface area contributed by atoms with E-state index in [9.17, 15) is 9.59 Å². The van der Waals surface area contributed by atoms with E-state index in [1.54, 1.807) is 18.2 Å². The Morgan fingerprint density at radius 2 is 1.85 bits per heavy atom. The van der Waals surface area contributed by atoms with Gasteiger partial charge in [-0.2, -0.15) is 0 Å². The third-order valence-corrected chi connectivity index (χ3v) is 5.30. The van der Waals surface area contributed by atoms with E-state index in [1.165, 1.54) is 7.11 Å². The van der Waals surface area contributed by atoms with Gasteiger partial charge in [-0.3, -0.25) is 0 Å². The van der Waals surface area contributed by atoms with Gasteiger partial charge < -0.3 is 15.2 Å². The van der Waals surface area contributed by atoms with E-state index in [2.05, 4.69) is 17.5 Å². The van der Waals surface area contributed by atoms with Crippen LogP contribution in [0.15, 0.2) is 54.6 Å². The summed E-state index contributed by atoms with van der Waals surface area (Å²) in [4.78, 5) is 22.9. The number of hydrogen-bond acceptors (Lipinski definition) is 4. The first-order valence-corrected chi connectivity index (χ1v) is 8.57. The third-order valence-electron chi connectivity index (χ3n) is 5.30. The van der Waals surface area contributed by atoms with E-state index in [0.717, 1.165) is 23.2 Å². The summed E-state index contributed by atoms with van der Waals surface area (Å²) in [6, 6.07) is 12.7. The normalized spacial score (nSPS) is 22.9. The molecule has 132 valence electrons. The standard InChI is InChI=1S/C21H19NO4/c1-26-21(25)14-9-10-18-17(11-14)15-3-2-4-16(15)19(22-18)12-5-7-13(8-6-12)20(23)24/h2-3,5-11,15-16,19,22H,4H2,1H3,(H,23,24)/t15-,16-,19-/m0/s1.